The van der Waals surface area contributed by atoms with Gasteiger partial charge in [-0.1, -0.05) is 0 Å². The molecule has 0 unspecified atom stereocenters. The van der Waals surface area contributed by atoms with Crippen molar-refractivity contribution in [3.8, 4) is 0 Å². The molecule has 1 aromatic rings. The van der Waals surface area contributed by atoms with Gasteiger partial charge in [0, 0.05) is 13.6 Å². The molecule has 5 heteroatoms. The van der Waals surface area contributed by atoms with Crippen LogP contribution in [0.3, 0.4) is 0 Å². The van der Waals surface area contributed by atoms with Crippen LogP contribution in [0.5, 0.6) is 0 Å². The maximum absolute atomic E-state index is 9.93. The summed E-state index contributed by atoms with van der Waals surface area (Å²) in [7, 11) is 1.84. The summed E-state index contributed by atoms with van der Waals surface area (Å²) in [6.45, 7) is 2.43. The van der Waals surface area contributed by atoms with E-state index in [9.17, 15) is 5.11 Å². The third-order valence-electron chi connectivity index (χ3n) is 3.14. The summed E-state index contributed by atoms with van der Waals surface area (Å²) >= 11 is 0. The zero-order valence-electron chi connectivity index (χ0n) is 9.25. The van der Waals surface area contributed by atoms with Crippen molar-refractivity contribution in [2.45, 2.75) is 31.8 Å². The average molecular weight is 210 g/mol. The molecule has 84 valence electrons. The van der Waals surface area contributed by atoms with Crippen molar-refractivity contribution in [1.82, 2.24) is 9.78 Å². The molecule has 1 heterocycles. The van der Waals surface area contributed by atoms with E-state index in [1.807, 2.05) is 14.0 Å². The van der Waals surface area contributed by atoms with Gasteiger partial charge >= 0.3 is 0 Å². The Morgan fingerprint density at radius 3 is 2.67 bits per heavy atom. The molecule has 4 N–H and O–H groups in total. The third kappa shape index (κ3) is 1.79. The molecule has 0 aliphatic heterocycles. The molecule has 1 aromatic heterocycles. The lowest BCUT2D eigenvalue weighted by Gasteiger charge is -2.36. The fraction of sp³-hybridized carbons (Fsp3) is 0.700. The molecule has 0 aromatic carbocycles. The Labute approximate surface area is 89.3 Å². The molecular formula is C10H18N4O. The van der Waals surface area contributed by atoms with E-state index >= 15 is 0 Å². The number of aromatic nitrogens is 2. The van der Waals surface area contributed by atoms with Crippen LogP contribution < -0.4 is 11.1 Å². The van der Waals surface area contributed by atoms with Gasteiger partial charge < -0.3 is 16.2 Å². The molecule has 1 aliphatic rings. The molecule has 0 spiro atoms. The number of nitrogens with two attached hydrogens (primary N) is 1. The largest absolute Gasteiger partial charge is 0.394 e. The van der Waals surface area contributed by atoms with Crippen LogP contribution in [0.4, 0.5) is 11.5 Å². The Kier molecular flexibility index (Phi) is 2.34. The molecule has 15 heavy (non-hydrogen) atoms. The van der Waals surface area contributed by atoms with Gasteiger partial charge in [0.15, 0.2) is 0 Å². The maximum atomic E-state index is 9.93. The summed E-state index contributed by atoms with van der Waals surface area (Å²) in [5.74, 6) is 0.799. The van der Waals surface area contributed by atoms with E-state index in [-0.39, 0.29) is 0 Å². The molecule has 0 bridgehead atoms. The normalized spacial score (nSPS) is 18.6. The van der Waals surface area contributed by atoms with Crippen LogP contribution in [-0.2, 0) is 7.05 Å². The first-order valence-corrected chi connectivity index (χ1v) is 5.27. The number of anilines is 2. The van der Waals surface area contributed by atoms with Gasteiger partial charge in [0.25, 0.3) is 0 Å². The highest BCUT2D eigenvalue weighted by atomic mass is 16.3. The Hall–Kier alpha value is -1.23. The molecule has 0 radical (unpaired) electrons. The van der Waals surface area contributed by atoms with E-state index in [0.717, 1.165) is 30.8 Å². The van der Waals surface area contributed by atoms with Crippen LogP contribution in [0.2, 0.25) is 0 Å². The number of nitrogens with zero attached hydrogens (tertiary/aromatic N) is 2. The van der Waals surface area contributed by atoms with Crippen molar-refractivity contribution in [1.29, 1.82) is 0 Å². The summed E-state index contributed by atoms with van der Waals surface area (Å²) in [5, 5.41) is 17.3. The topological polar surface area (TPSA) is 76.1 Å². The first-order chi connectivity index (χ1) is 7.02. The fourth-order valence-electron chi connectivity index (χ4n) is 1.89. The van der Waals surface area contributed by atoms with Crippen LogP contribution in [0.15, 0.2) is 0 Å². The van der Waals surface area contributed by atoms with Crippen molar-refractivity contribution in [2.24, 2.45) is 7.05 Å². The summed E-state index contributed by atoms with van der Waals surface area (Å²) < 4.78 is 1.71. The summed E-state index contributed by atoms with van der Waals surface area (Å²) in [4.78, 5) is 0. The standard InChI is InChI=1S/C10H18N4O/c1-7-8(11)9(14(2)13-7)12-6-10(15)4-3-5-10/h12,15H,3-6,11H2,1-2H3. The van der Waals surface area contributed by atoms with Crippen LogP contribution in [0.25, 0.3) is 0 Å². The summed E-state index contributed by atoms with van der Waals surface area (Å²) in [6, 6.07) is 0. The fourth-order valence-corrected chi connectivity index (χ4v) is 1.89. The molecule has 5 nitrogen and oxygen atoms in total. The van der Waals surface area contributed by atoms with Crippen LogP contribution in [0.1, 0.15) is 25.0 Å². The van der Waals surface area contributed by atoms with Crippen LogP contribution >= 0.6 is 0 Å². The molecular weight excluding hydrogens is 192 g/mol. The van der Waals surface area contributed by atoms with E-state index in [2.05, 4.69) is 10.4 Å². The second-order valence-corrected chi connectivity index (χ2v) is 4.40. The predicted molar refractivity (Wildman–Crippen MR) is 59.6 cm³/mol. The number of aliphatic hydroxyl groups is 1. The minimum atomic E-state index is -0.537. The summed E-state index contributed by atoms with van der Waals surface area (Å²) in [5.41, 5.74) is 6.81. The molecule has 0 amide bonds. The molecule has 0 atom stereocenters. The number of nitrogens with one attached hydrogen (secondary N) is 1. The van der Waals surface area contributed by atoms with Crippen LogP contribution in [0, 0.1) is 6.92 Å². The number of hydrogen-bond donors (Lipinski definition) is 3. The van der Waals surface area contributed by atoms with Crippen molar-refractivity contribution in [3.63, 3.8) is 0 Å². The van der Waals surface area contributed by atoms with Crippen molar-refractivity contribution >= 4 is 11.5 Å². The Morgan fingerprint density at radius 1 is 1.60 bits per heavy atom. The van der Waals surface area contributed by atoms with Crippen LogP contribution in [-0.4, -0.2) is 27.0 Å². The maximum Gasteiger partial charge on any atom is 0.147 e. The zero-order valence-corrected chi connectivity index (χ0v) is 9.25. The van der Waals surface area contributed by atoms with Gasteiger partial charge in [0.05, 0.1) is 17.0 Å². The molecule has 1 aliphatic carbocycles. The Bertz CT molecular complexity index is 368. The Morgan fingerprint density at radius 2 is 2.27 bits per heavy atom. The number of hydrogen-bond acceptors (Lipinski definition) is 4. The minimum absolute atomic E-state index is 0.537. The second-order valence-electron chi connectivity index (χ2n) is 4.40. The predicted octanol–water partition coefficient (Wildman–Crippen LogP) is 0.638. The second kappa shape index (κ2) is 3.41. The first-order valence-electron chi connectivity index (χ1n) is 5.27. The van der Waals surface area contributed by atoms with Crippen molar-refractivity contribution in [3.05, 3.63) is 5.69 Å². The number of nitrogen functional groups attached to an aromatic ring is 1. The average Bonchev–Trinajstić information content (AvgIpc) is 2.36. The lowest BCUT2D eigenvalue weighted by Crippen LogP contribution is -2.43. The van der Waals surface area contributed by atoms with E-state index in [1.165, 1.54) is 0 Å². The lowest BCUT2D eigenvalue weighted by molar-refractivity contribution is -0.0202. The highest BCUT2D eigenvalue weighted by molar-refractivity contribution is 5.64. The quantitative estimate of drug-likeness (QED) is 0.684. The van der Waals surface area contributed by atoms with Gasteiger partial charge in [-0.2, -0.15) is 5.10 Å². The molecule has 1 saturated carbocycles. The molecule has 0 saturated heterocycles. The smallest absolute Gasteiger partial charge is 0.147 e. The Balaban J connectivity index is 2.04. The van der Waals surface area contributed by atoms with Gasteiger partial charge in [-0.3, -0.25) is 4.68 Å². The first kappa shape index (κ1) is 10.3. The minimum Gasteiger partial charge on any atom is -0.394 e. The molecule has 1 fully saturated rings. The van der Waals surface area contributed by atoms with E-state index in [4.69, 9.17) is 5.73 Å². The summed E-state index contributed by atoms with van der Waals surface area (Å²) in [6.07, 6.45) is 2.85. The molecule has 2 rings (SSSR count). The highest BCUT2D eigenvalue weighted by Gasteiger charge is 2.34. The van der Waals surface area contributed by atoms with E-state index in [0.29, 0.717) is 12.2 Å². The lowest BCUT2D eigenvalue weighted by atomic mass is 9.80. The van der Waals surface area contributed by atoms with E-state index in [1.54, 1.807) is 4.68 Å². The van der Waals surface area contributed by atoms with Gasteiger partial charge in [0.1, 0.15) is 5.82 Å². The van der Waals surface area contributed by atoms with Gasteiger partial charge in [-0.25, -0.2) is 0 Å². The third-order valence-corrected chi connectivity index (χ3v) is 3.14. The van der Waals surface area contributed by atoms with Gasteiger partial charge in [-0.15, -0.1) is 0 Å². The highest BCUT2D eigenvalue weighted by Crippen LogP contribution is 2.32. The number of aryl methyl sites for hydroxylation is 2. The zero-order chi connectivity index (χ0) is 11.1. The van der Waals surface area contributed by atoms with E-state index < -0.39 is 5.60 Å². The van der Waals surface area contributed by atoms with Gasteiger partial charge in [0.2, 0.25) is 0 Å². The SMILES string of the molecule is Cc1nn(C)c(NCC2(O)CCC2)c1N. The van der Waals surface area contributed by atoms with Gasteiger partial charge in [-0.05, 0) is 26.2 Å². The van der Waals surface area contributed by atoms with Crippen molar-refractivity contribution < 1.29 is 5.11 Å². The van der Waals surface area contributed by atoms with Crippen molar-refractivity contribution in [2.75, 3.05) is 17.6 Å². The number of rotatable bonds is 3. The monoisotopic (exact) mass is 210 g/mol.